The van der Waals surface area contributed by atoms with Crippen molar-refractivity contribution in [2.75, 3.05) is 20.1 Å². The molecule has 5 nitrogen and oxygen atoms in total. The number of hydrogen-bond acceptors (Lipinski definition) is 4. The minimum absolute atomic E-state index is 0.235. The highest BCUT2D eigenvalue weighted by molar-refractivity contribution is 5.81. The normalized spacial score (nSPS) is 28.6. The Bertz CT molecular complexity index is 208. The van der Waals surface area contributed by atoms with Crippen LogP contribution in [0.4, 0.5) is 0 Å². The van der Waals surface area contributed by atoms with Crippen molar-refractivity contribution in [3.05, 3.63) is 0 Å². The van der Waals surface area contributed by atoms with Gasteiger partial charge in [0.1, 0.15) is 0 Å². The maximum Gasteiger partial charge on any atom is 0.153 e. The zero-order valence-corrected chi connectivity index (χ0v) is 8.81. The fourth-order valence-electron chi connectivity index (χ4n) is 1.74. The van der Waals surface area contributed by atoms with Crippen molar-refractivity contribution in [3.63, 3.8) is 0 Å². The lowest BCUT2D eigenvalue weighted by Gasteiger charge is -2.20. The van der Waals surface area contributed by atoms with Crippen molar-refractivity contribution in [1.29, 1.82) is 0 Å². The van der Waals surface area contributed by atoms with Gasteiger partial charge < -0.3 is 15.7 Å². The van der Waals surface area contributed by atoms with Crippen molar-refractivity contribution in [1.82, 2.24) is 4.90 Å². The van der Waals surface area contributed by atoms with Crippen LogP contribution in [0.2, 0.25) is 0 Å². The first-order valence-corrected chi connectivity index (χ1v) is 4.92. The van der Waals surface area contributed by atoms with Gasteiger partial charge in [-0.1, -0.05) is 5.16 Å². The van der Waals surface area contributed by atoms with E-state index < -0.39 is 0 Å². The number of nitrogens with zero attached hydrogens (tertiary/aromatic N) is 2. The van der Waals surface area contributed by atoms with Gasteiger partial charge in [-0.05, 0) is 26.8 Å². The van der Waals surface area contributed by atoms with Crippen LogP contribution in [0, 0.1) is 0 Å². The van der Waals surface area contributed by atoms with E-state index in [1.54, 1.807) is 0 Å². The number of oxime groups is 1. The first-order chi connectivity index (χ1) is 6.61. The summed E-state index contributed by atoms with van der Waals surface area (Å²) in [6.45, 7) is 3.40. The SMILES string of the molecule is CC1CCC(CN(C)CC(N)=NO)O1. The Balaban J connectivity index is 2.23. The van der Waals surface area contributed by atoms with E-state index in [4.69, 9.17) is 15.7 Å². The summed E-state index contributed by atoms with van der Waals surface area (Å²) in [6.07, 6.45) is 2.89. The molecule has 0 spiro atoms. The van der Waals surface area contributed by atoms with Gasteiger partial charge in [-0.2, -0.15) is 0 Å². The second-order valence-corrected chi connectivity index (χ2v) is 3.93. The average molecular weight is 201 g/mol. The predicted octanol–water partition coefficient (Wildman–Crippen LogP) is 0.232. The Morgan fingerprint density at radius 1 is 1.64 bits per heavy atom. The van der Waals surface area contributed by atoms with E-state index >= 15 is 0 Å². The van der Waals surface area contributed by atoms with Crippen molar-refractivity contribution in [2.45, 2.75) is 32.0 Å². The van der Waals surface area contributed by atoms with Gasteiger partial charge in [-0.25, -0.2) is 0 Å². The quantitative estimate of drug-likeness (QED) is 0.296. The van der Waals surface area contributed by atoms with Crippen LogP contribution in [0.5, 0.6) is 0 Å². The lowest BCUT2D eigenvalue weighted by molar-refractivity contribution is 0.0389. The third-order valence-corrected chi connectivity index (χ3v) is 2.40. The second-order valence-electron chi connectivity index (χ2n) is 3.93. The Morgan fingerprint density at radius 2 is 2.36 bits per heavy atom. The van der Waals surface area contributed by atoms with Crippen molar-refractivity contribution in [3.8, 4) is 0 Å². The van der Waals surface area contributed by atoms with Crippen LogP contribution in [0.1, 0.15) is 19.8 Å². The standard InChI is InChI=1S/C9H19N3O2/c1-7-3-4-8(14-7)5-12(2)6-9(10)11-13/h7-8,13H,3-6H2,1-2H3,(H2,10,11). The molecule has 0 bridgehead atoms. The summed E-state index contributed by atoms with van der Waals surface area (Å²) in [7, 11) is 1.93. The molecular formula is C9H19N3O2. The van der Waals surface area contributed by atoms with Crippen molar-refractivity contribution < 1.29 is 9.94 Å². The molecule has 1 aliphatic heterocycles. The molecule has 0 aliphatic carbocycles. The minimum Gasteiger partial charge on any atom is -0.409 e. The van der Waals surface area contributed by atoms with E-state index in [1.807, 2.05) is 11.9 Å². The summed E-state index contributed by atoms with van der Waals surface area (Å²) >= 11 is 0. The molecule has 3 N–H and O–H groups in total. The summed E-state index contributed by atoms with van der Waals surface area (Å²) in [4.78, 5) is 2.00. The molecule has 82 valence electrons. The van der Waals surface area contributed by atoms with E-state index in [9.17, 15) is 0 Å². The van der Waals surface area contributed by atoms with E-state index in [2.05, 4.69) is 12.1 Å². The van der Waals surface area contributed by atoms with Crippen LogP contribution in [0.25, 0.3) is 0 Å². The van der Waals surface area contributed by atoms with Crippen LogP contribution >= 0.6 is 0 Å². The molecule has 1 rings (SSSR count). The lowest BCUT2D eigenvalue weighted by atomic mass is 10.2. The summed E-state index contributed by atoms with van der Waals surface area (Å²) in [5.74, 6) is 0.235. The molecule has 0 radical (unpaired) electrons. The molecule has 1 heterocycles. The first-order valence-electron chi connectivity index (χ1n) is 4.92. The maximum atomic E-state index is 8.39. The van der Waals surface area contributed by atoms with Crippen LogP contribution < -0.4 is 5.73 Å². The third-order valence-electron chi connectivity index (χ3n) is 2.40. The van der Waals surface area contributed by atoms with Crippen LogP contribution in [0.15, 0.2) is 5.16 Å². The smallest absolute Gasteiger partial charge is 0.153 e. The molecule has 2 unspecified atom stereocenters. The summed E-state index contributed by atoms with van der Waals surface area (Å²) < 4.78 is 5.66. The lowest BCUT2D eigenvalue weighted by Crippen LogP contribution is -2.36. The Labute approximate surface area is 84.5 Å². The molecule has 2 atom stereocenters. The Hall–Kier alpha value is -0.810. The number of rotatable bonds is 4. The molecule has 1 fully saturated rings. The third kappa shape index (κ3) is 3.51. The fourth-order valence-corrected chi connectivity index (χ4v) is 1.74. The monoisotopic (exact) mass is 201 g/mol. The summed E-state index contributed by atoms with van der Waals surface area (Å²) in [6, 6.07) is 0. The molecule has 1 aliphatic rings. The number of nitrogens with two attached hydrogens (primary N) is 1. The van der Waals surface area contributed by atoms with Gasteiger partial charge in [0.15, 0.2) is 5.84 Å². The number of amidine groups is 1. The molecule has 14 heavy (non-hydrogen) atoms. The average Bonchev–Trinajstić information content (AvgIpc) is 2.50. The van der Waals surface area contributed by atoms with Gasteiger partial charge in [-0.3, -0.25) is 4.90 Å². The van der Waals surface area contributed by atoms with E-state index in [-0.39, 0.29) is 5.84 Å². The van der Waals surface area contributed by atoms with E-state index in [0.717, 1.165) is 19.4 Å². The highest BCUT2D eigenvalue weighted by Crippen LogP contribution is 2.19. The van der Waals surface area contributed by atoms with Gasteiger partial charge in [0.25, 0.3) is 0 Å². The number of hydrogen-bond donors (Lipinski definition) is 2. The largest absolute Gasteiger partial charge is 0.409 e. The molecule has 0 aromatic rings. The number of ether oxygens (including phenoxy) is 1. The Kier molecular flexibility index (Phi) is 4.16. The zero-order valence-electron chi connectivity index (χ0n) is 8.81. The topological polar surface area (TPSA) is 71.1 Å². The highest BCUT2D eigenvalue weighted by atomic mass is 16.5. The van der Waals surface area contributed by atoms with Crippen molar-refractivity contribution in [2.24, 2.45) is 10.9 Å². The summed E-state index contributed by atoms with van der Waals surface area (Å²) in [5, 5.41) is 11.3. The van der Waals surface area contributed by atoms with Crippen LogP contribution in [-0.2, 0) is 4.74 Å². The van der Waals surface area contributed by atoms with Crippen LogP contribution in [0.3, 0.4) is 0 Å². The molecule has 0 amide bonds. The first kappa shape index (κ1) is 11.3. The molecule has 0 saturated carbocycles. The van der Waals surface area contributed by atoms with Gasteiger partial charge >= 0.3 is 0 Å². The molecular weight excluding hydrogens is 182 g/mol. The minimum atomic E-state index is 0.235. The van der Waals surface area contributed by atoms with E-state index in [0.29, 0.717) is 18.8 Å². The zero-order chi connectivity index (χ0) is 10.6. The second kappa shape index (κ2) is 5.17. The molecule has 0 aromatic heterocycles. The molecule has 1 saturated heterocycles. The maximum absolute atomic E-state index is 8.39. The molecule has 5 heteroatoms. The molecule has 0 aromatic carbocycles. The van der Waals surface area contributed by atoms with Crippen LogP contribution in [-0.4, -0.2) is 48.3 Å². The summed E-state index contributed by atoms with van der Waals surface area (Å²) in [5.41, 5.74) is 5.39. The van der Waals surface area contributed by atoms with E-state index in [1.165, 1.54) is 0 Å². The highest BCUT2D eigenvalue weighted by Gasteiger charge is 2.22. The Morgan fingerprint density at radius 3 is 2.86 bits per heavy atom. The fraction of sp³-hybridized carbons (Fsp3) is 0.889. The van der Waals surface area contributed by atoms with Crippen molar-refractivity contribution >= 4 is 5.84 Å². The van der Waals surface area contributed by atoms with Gasteiger partial charge in [0.05, 0.1) is 18.8 Å². The predicted molar refractivity (Wildman–Crippen MR) is 54.5 cm³/mol. The van der Waals surface area contributed by atoms with Gasteiger partial charge in [0.2, 0.25) is 0 Å². The number of likely N-dealkylation sites (N-methyl/N-ethyl adjacent to an activating group) is 1. The van der Waals surface area contributed by atoms with Gasteiger partial charge in [0, 0.05) is 6.54 Å². The van der Waals surface area contributed by atoms with Gasteiger partial charge in [-0.15, -0.1) is 0 Å².